The number of rotatable bonds is 6. The fourth-order valence-electron chi connectivity index (χ4n) is 5.01. The van der Waals surface area contributed by atoms with E-state index >= 15 is 0 Å². The zero-order valence-corrected chi connectivity index (χ0v) is 16.4. The molecule has 1 heterocycles. The third-order valence-electron chi connectivity index (χ3n) is 6.72. The number of aliphatic hydroxyl groups is 1. The highest BCUT2D eigenvalue weighted by atomic mass is 16.3. The van der Waals surface area contributed by atoms with Crippen molar-refractivity contribution < 1.29 is 5.11 Å². The lowest BCUT2D eigenvalue weighted by Crippen LogP contribution is -2.40. The van der Waals surface area contributed by atoms with Crippen molar-refractivity contribution >= 4 is 5.69 Å². The molecule has 4 atom stereocenters. The van der Waals surface area contributed by atoms with E-state index in [-0.39, 0.29) is 12.0 Å². The van der Waals surface area contributed by atoms with E-state index in [0.717, 1.165) is 12.8 Å². The SMILES string of the molecule is C=C(C)C1CCC(CO)C2Nc3cc(C(C)(C)CCCC)ccc3C12. The Kier molecular flexibility index (Phi) is 5.29. The molecule has 0 radical (unpaired) electrons. The number of hydrogen-bond acceptors (Lipinski definition) is 2. The van der Waals surface area contributed by atoms with Crippen molar-refractivity contribution in [2.24, 2.45) is 11.8 Å². The number of anilines is 1. The van der Waals surface area contributed by atoms with Gasteiger partial charge in [-0.3, -0.25) is 0 Å². The number of aliphatic hydroxyl groups excluding tert-OH is 1. The zero-order chi connectivity index (χ0) is 18.2. The van der Waals surface area contributed by atoms with Gasteiger partial charge in [0.2, 0.25) is 0 Å². The third-order valence-corrected chi connectivity index (χ3v) is 6.72. The molecule has 2 aliphatic rings. The maximum absolute atomic E-state index is 9.86. The minimum Gasteiger partial charge on any atom is -0.396 e. The fourth-order valence-corrected chi connectivity index (χ4v) is 5.01. The second kappa shape index (κ2) is 7.15. The van der Waals surface area contributed by atoms with Crippen LogP contribution in [0.4, 0.5) is 5.69 Å². The predicted octanol–water partition coefficient (Wildman–Crippen LogP) is 5.63. The Bertz CT molecular complexity index is 633. The smallest absolute Gasteiger partial charge is 0.0479 e. The van der Waals surface area contributed by atoms with Crippen molar-refractivity contribution in [1.82, 2.24) is 0 Å². The number of benzene rings is 1. The summed E-state index contributed by atoms with van der Waals surface area (Å²) < 4.78 is 0. The van der Waals surface area contributed by atoms with E-state index < -0.39 is 0 Å². The van der Waals surface area contributed by atoms with E-state index in [2.05, 4.69) is 57.8 Å². The Morgan fingerprint density at radius 3 is 2.72 bits per heavy atom. The summed E-state index contributed by atoms with van der Waals surface area (Å²) in [4.78, 5) is 0. The summed E-state index contributed by atoms with van der Waals surface area (Å²) in [6.45, 7) is 13.7. The summed E-state index contributed by atoms with van der Waals surface area (Å²) in [5.74, 6) is 1.34. The zero-order valence-electron chi connectivity index (χ0n) is 16.4. The van der Waals surface area contributed by atoms with Gasteiger partial charge in [0, 0.05) is 30.2 Å². The van der Waals surface area contributed by atoms with Crippen LogP contribution in [-0.2, 0) is 5.41 Å². The maximum Gasteiger partial charge on any atom is 0.0479 e. The molecule has 2 N–H and O–H groups in total. The summed E-state index contributed by atoms with van der Waals surface area (Å²) in [7, 11) is 0. The van der Waals surface area contributed by atoms with Crippen LogP contribution in [0.25, 0.3) is 0 Å². The number of allylic oxidation sites excluding steroid dienone is 1. The molecule has 0 spiro atoms. The van der Waals surface area contributed by atoms with Crippen molar-refractivity contribution in [3.8, 4) is 0 Å². The van der Waals surface area contributed by atoms with Crippen LogP contribution in [0.15, 0.2) is 30.4 Å². The molecule has 138 valence electrons. The molecular formula is C23H35NO. The van der Waals surface area contributed by atoms with Gasteiger partial charge in [0.15, 0.2) is 0 Å². The third kappa shape index (κ3) is 3.38. The molecule has 1 fully saturated rings. The average molecular weight is 342 g/mol. The molecule has 25 heavy (non-hydrogen) atoms. The molecule has 2 nitrogen and oxygen atoms in total. The molecule has 4 unspecified atom stereocenters. The quantitative estimate of drug-likeness (QED) is 0.658. The molecule has 1 aliphatic carbocycles. The highest BCUT2D eigenvalue weighted by Crippen LogP contribution is 2.51. The predicted molar refractivity (Wildman–Crippen MR) is 107 cm³/mol. The van der Waals surface area contributed by atoms with E-state index in [4.69, 9.17) is 0 Å². The van der Waals surface area contributed by atoms with Gasteiger partial charge in [0.25, 0.3) is 0 Å². The van der Waals surface area contributed by atoms with Crippen molar-refractivity contribution in [3.63, 3.8) is 0 Å². The lowest BCUT2D eigenvalue weighted by Gasteiger charge is -2.39. The van der Waals surface area contributed by atoms with Crippen LogP contribution in [-0.4, -0.2) is 17.8 Å². The first-order valence-electron chi connectivity index (χ1n) is 10.1. The molecule has 1 aromatic rings. The number of fused-ring (bicyclic) bond motifs is 3. The number of hydrogen-bond donors (Lipinski definition) is 2. The molecular weight excluding hydrogens is 306 g/mol. The second-order valence-electron chi connectivity index (χ2n) is 8.96. The van der Waals surface area contributed by atoms with E-state index in [0.29, 0.717) is 23.8 Å². The van der Waals surface area contributed by atoms with E-state index in [1.54, 1.807) is 0 Å². The van der Waals surface area contributed by atoms with Crippen LogP contribution < -0.4 is 5.32 Å². The summed E-state index contributed by atoms with van der Waals surface area (Å²) in [6.07, 6.45) is 5.97. The normalized spacial score (nSPS) is 28.2. The van der Waals surface area contributed by atoms with Gasteiger partial charge in [-0.1, -0.05) is 57.9 Å². The Hall–Kier alpha value is -1.28. The van der Waals surface area contributed by atoms with Crippen LogP contribution in [0, 0.1) is 11.8 Å². The first-order valence-corrected chi connectivity index (χ1v) is 10.1. The van der Waals surface area contributed by atoms with Crippen LogP contribution >= 0.6 is 0 Å². The van der Waals surface area contributed by atoms with E-state index in [1.165, 1.54) is 41.6 Å². The fraction of sp³-hybridized carbons (Fsp3) is 0.652. The lowest BCUT2D eigenvalue weighted by molar-refractivity contribution is 0.151. The van der Waals surface area contributed by atoms with Gasteiger partial charge in [-0.15, -0.1) is 0 Å². The highest BCUT2D eigenvalue weighted by molar-refractivity contribution is 5.63. The summed E-state index contributed by atoms with van der Waals surface area (Å²) in [5, 5.41) is 13.7. The second-order valence-corrected chi connectivity index (χ2v) is 8.96. The topological polar surface area (TPSA) is 32.3 Å². The van der Waals surface area contributed by atoms with Gasteiger partial charge in [-0.2, -0.15) is 0 Å². The molecule has 3 rings (SSSR count). The standard InChI is InChI=1S/C23H35NO/c1-6-7-12-23(4,5)17-9-11-19-20(13-17)24-22-16(14-25)8-10-18(15(2)3)21(19)22/h9,11,13,16,18,21-22,24-25H,2,6-8,10,12,14H2,1,3-5H3. The molecule has 0 saturated heterocycles. The molecule has 1 aliphatic heterocycles. The van der Waals surface area contributed by atoms with Gasteiger partial charge in [-0.05, 0) is 54.7 Å². The minimum atomic E-state index is 0.213. The molecule has 2 heteroatoms. The van der Waals surface area contributed by atoms with Gasteiger partial charge in [0.05, 0.1) is 0 Å². The number of unbranched alkanes of at least 4 members (excludes halogenated alkanes) is 1. The van der Waals surface area contributed by atoms with Crippen LogP contribution in [0.1, 0.15) is 76.8 Å². The van der Waals surface area contributed by atoms with Gasteiger partial charge >= 0.3 is 0 Å². The lowest BCUT2D eigenvalue weighted by atomic mass is 9.67. The first kappa shape index (κ1) is 18.5. The van der Waals surface area contributed by atoms with Crippen molar-refractivity contribution in [2.45, 2.75) is 77.2 Å². The Morgan fingerprint density at radius 1 is 1.32 bits per heavy atom. The monoisotopic (exact) mass is 341 g/mol. The Balaban J connectivity index is 1.93. The van der Waals surface area contributed by atoms with Gasteiger partial charge in [0.1, 0.15) is 0 Å². The van der Waals surface area contributed by atoms with Crippen molar-refractivity contribution in [3.05, 3.63) is 41.5 Å². The van der Waals surface area contributed by atoms with Gasteiger partial charge < -0.3 is 10.4 Å². The van der Waals surface area contributed by atoms with Crippen LogP contribution in [0.5, 0.6) is 0 Å². The first-order chi connectivity index (χ1) is 11.9. The highest BCUT2D eigenvalue weighted by Gasteiger charge is 2.45. The van der Waals surface area contributed by atoms with E-state index in [1.807, 2.05) is 0 Å². The van der Waals surface area contributed by atoms with Gasteiger partial charge in [-0.25, -0.2) is 0 Å². The average Bonchev–Trinajstić information content (AvgIpc) is 2.97. The van der Waals surface area contributed by atoms with Crippen molar-refractivity contribution in [1.29, 1.82) is 0 Å². The maximum atomic E-state index is 9.86. The van der Waals surface area contributed by atoms with Crippen LogP contribution in [0.3, 0.4) is 0 Å². The molecule has 0 aromatic heterocycles. The Labute approximate surface area is 153 Å². The van der Waals surface area contributed by atoms with E-state index in [9.17, 15) is 5.11 Å². The summed E-state index contributed by atoms with van der Waals surface area (Å²) in [6, 6.07) is 7.43. The molecule has 0 bridgehead atoms. The summed E-state index contributed by atoms with van der Waals surface area (Å²) >= 11 is 0. The molecule has 0 amide bonds. The summed E-state index contributed by atoms with van der Waals surface area (Å²) in [5.41, 5.74) is 5.66. The van der Waals surface area contributed by atoms with Crippen LogP contribution in [0.2, 0.25) is 0 Å². The molecule has 1 saturated carbocycles. The largest absolute Gasteiger partial charge is 0.396 e. The Morgan fingerprint density at radius 2 is 2.08 bits per heavy atom. The number of nitrogens with one attached hydrogen (secondary N) is 1. The molecule has 1 aromatic carbocycles. The minimum absolute atomic E-state index is 0.213. The van der Waals surface area contributed by atoms with Crippen molar-refractivity contribution in [2.75, 3.05) is 11.9 Å².